The number of hydrogen-bond donors (Lipinski definition) is 1. The predicted octanol–water partition coefficient (Wildman–Crippen LogP) is 2.71. The van der Waals surface area contributed by atoms with Gasteiger partial charge in [-0.1, -0.05) is 6.07 Å². The molecule has 2 aliphatic heterocycles. The van der Waals surface area contributed by atoms with Crippen molar-refractivity contribution in [2.45, 2.75) is 12.8 Å². The zero-order chi connectivity index (χ0) is 24.1. The molecule has 2 saturated heterocycles. The van der Waals surface area contributed by atoms with E-state index in [2.05, 4.69) is 5.32 Å². The molecule has 4 rings (SSSR count). The van der Waals surface area contributed by atoms with Crippen LogP contribution in [0.3, 0.4) is 0 Å². The van der Waals surface area contributed by atoms with Crippen molar-refractivity contribution in [3.8, 4) is 11.5 Å². The Kier molecular flexibility index (Phi) is 7.52. The van der Waals surface area contributed by atoms with Crippen molar-refractivity contribution in [1.82, 2.24) is 4.90 Å². The number of nitrogens with one attached hydrogen (secondary N) is 1. The number of rotatable bonds is 8. The van der Waals surface area contributed by atoms with Gasteiger partial charge in [-0.05, 0) is 42.3 Å². The van der Waals surface area contributed by atoms with E-state index in [-0.39, 0.29) is 18.2 Å². The van der Waals surface area contributed by atoms with Crippen LogP contribution in [0, 0.1) is 11.7 Å². The van der Waals surface area contributed by atoms with Gasteiger partial charge >= 0.3 is 0 Å². The fourth-order valence-corrected chi connectivity index (χ4v) is 4.35. The van der Waals surface area contributed by atoms with Crippen LogP contribution in [0.5, 0.6) is 11.5 Å². The fourth-order valence-electron chi connectivity index (χ4n) is 4.35. The molecule has 34 heavy (non-hydrogen) atoms. The van der Waals surface area contributed by atoms with Crippen molar-refractivity contribution in [2.24, 2.45) is 5.92 Å². The summed E-state index contributed by atoms with van der Waals surface area (Å²) in [6.45, 7) is 3.23. The number of halogens is 1. The van der Waals surface area contributed by atoms with Gasteiger partial charge in [0.05, 0.1) is 39.0 Å². The smallest absolute Gasteiger partial charge is 0.229 e. The van der Waals surface area contributed by atoms with Crippen LogP contribution in [0.1, 0.15) is 12.0 Å². The molecule has 8 nitrogen and oxygen atoms in total. The Bertz CT molecular complexity index is 1040. The van der Waals surface area contributed by atoms with Crippen molar-refractivity contribution in [2.75, 3.05) is 63.8 Å². The molecule has 0 saturated carbocycles. The zero-order valence-electron chi connectivity index (χ0n) is 19.5. The number of ether oxygens (including phenoxy) is 3. The second-order valence-electron chi connectivity index (χ2n) is 8.43. The van der Waals surface area contributed by atoms with Crippen LogP contribution in [0.25, 0.3) is 0 Å². The third-order valence-electron chi connectivity index (χ3n) is 6.27. The number of benzene rings is 2. The summed E-state index contributed by atoms with van der Waals surface area (Å²) in [4.78, 5) is 28.9. The maximum absolute atomic E-state index is 14.6. The van der Waals surface area contributed by atoms with E-state index in [1.807, 2.05) is 23.1 Å². The Labute approximate surface area is 198 Å². The molecule has 0 bridgehead atoms. The van der Waals surface area contributed by atoms with Gasteiger partial charge in [0.2, 0.25) is 11.8 Å². The molecule has 2 aromatic carbocycles. The Morgan fingerprint density at radius 1 is 1.12 bits per heavy atom. The summed E-state index contributed by atoms with van der Waals surface area (Å²) in [7, 11) is 3.16. The molecule has 2 amide bonds. The summed E-state index contributed by atoms with van der Waals surface area (Å²) < 4.78 is 30.5. The SMILES string of the molecule is COc1ccc(CCN2CC(C(=O)Nc3ccc(N4CCOCC4)c(F)c3)CC2=O)cc1OC. The van der Waals surface area contributed by atoms with E-state index in [0.29, 0.717) is 68.7 Å². The summed E-state index contributed by atoms with van der Waals surface area (Å²) in [6.07, 6.45) is 0.779. The second-order valence-corrected chi connectivity index (χ2v) is 8.43. The van der Waals surface area contributed by atoms with Crippen LogP contribution in [0.15, 0.2) is 36.4 Å². The number of likely N-dealkylation sites (tertiary alicyclic amines) is 1. The Morgan fingerprint density at radius 3 is 2.59 bits per heavy atom. The molecule has 1 unspecified atom stereocenters. The van der Waals surface area contributed by atoms with Crippen LogP contribution in [0.4, 0.5) is 15.8 Å². The van der Waals surface area contributed by atoms with E-state index in [9.17, 15) is 14.0 Å². The molecule has 0 spiro atoms. The topological polar surface area (TPSA) is 80.3 Å². The van der Waals surface area contributed by atoms with E-state index in [1.165, 1.54) is 6.07 Å². The van der Waals surface area contributed by atoms with Crippen LogP contribution in [-0.2, 0) is 20.7 Å². The number of carbonyl (C=O) groups is 2. The minimum Gasteiger partial charge on any atom is -0.493 e. The fraction of sp³-hybridized carbons (Fsp3) is 0.440. The molecule has 1 atom stereocenters. The molecule has 0 aromatic heterocycles. The standard InChI is InChI=1S/C25H30FN3O5/c1-32-22-6-3-17(13-23(22)33-2)7-8-29-16-18(14-24(29)30)25(31)27-19-4-5-21(20(26)15-19)28-9-11-34-12-10-28/h3-6,13,15,18H,7-12,14,16H2,1-2H3,(H,27,31). The molecule has 2 fully saturated rings. The van der Waals surface area contributed by atoms with Gasteiger partial charge in [0.25, 0.3) is 0 Å². The minimum absolute atomic E-state index is 0.0607. The highest BCUT2D eigenvalue weighted by atomic mass is 19.1. The maximum Gasteiger partial charge on any atom is 0.229 e. The first-order valence-corrected chi connectivity index (χ1v) is 11.4. The van der Waals surface area contributed by atoms with Gasteiger partial charge in [-0.15, -0.1) is 0 Å². The van der Waals surface area contributed by atoms with Gasteiger partial charge < -0.3 is 29.3 Å². The van der Waals surface area contributed by atoms with Gasteiger partial charge in [0, 0.05) is 38.3 Å². The summed E-state index contributed by atoms with van der Waals surface area (Å²) in [5.41, 5.74) is 1.89. The van der Waals surface area contributed by atoms with Gasteiger partial charge in [-0.2, -0.15) is 0 Å². The molecule has 0 radical (unpaired) electrons. The van der Waals surface area contributed by atoms with E-state index in [0.717, 1.165) is 5.56 Å². The van der Waals surface area contributed by atoms with Crippen molar-refractivity contribution >= 4 is 23.2 Å². The average Bonchev–Trinajstić information content (AvgIpc) is 3.23. The maximum atomic E-state index is 14.6. The zero-order valence-corrected chi connectivity index (χ0v) is 19.5. The van der Waals surface area contributed by atoms with E-state index in [1.54, 1.807) is 31.3 Å². The molecule has 0 aliphatic carbocycles. The van der Waals surface area contributed by atoms with Crippen LogP contribution < -0.4 is 19.7 Å². The lowest BCUT2D eigenvalue weighted by Crippen LogP contribution is -2.36. The van der Waals surface area contributed by atoms with E-state index in [4.69, 9.17) is 14.2 Å². The second kappa shape index (κ2) is 10.7. The normalized spacial score (nSPS) is 18.2. The number of amides is 2. The molecular weight excluding hydrogens is 441 g/mol. The molecule has 1 N–H and O–H groups in total. The van der Waals surface area contributed by atoms with E-state index < -0.39 is 11.7 Å². The summed E-state index contributed by atoms with van der Waals surface area (Å²) >= 11 is 0. The highest BCUT2D eigenvalue weighted by Crippen LogP contribution is 2.29. The highest BCUT2D eigenvalue weighted by Gasteiger charge is 2.34. The van der Waals surface area contributed by atoms with Crippen LogP contribution >= 0.6 is 0 Å². The van der Waals surface area contributed by atoms with Gasteiger partial charge in [-0.25, -0.2) is 4.39 Å². The monoisotopic (exact) mass is 471 g/mol. The third-order valence-corrected chi connectivity index (χ3v) is 6.27. The average molecular weight is 472 g/mol. The Morgan fingerprint density at radius 2 is 1.88 bits per heavy atom. The quantitative estimate of drug-likeness (QED) is 0.638. The number of methoxy groups -OCH3 is 2. The number of anilines is 2. The van der Waals surface area contributed by atoms with Crippen molar-refractivity contribution < 1.29 is 28.2 Å². The van der Waals surface area contributed by atoms with Crippen molar-refractivity contribution in [3.63, 3.8) is 0 Å². The Hall–Kier alpha value is -3.33. The first kappa shape index (κ1) is 23.8. The van der Waals surface area contributed by atoms with Crippen molar-refractivity contribution in [3.05, 3.63) is 47.8 Å². The lowest BCUT2D eigenvalue weighted by molar-refractivity contribution is -0.128. The number of nitrogens with zero attached hydrogens (tertiary/aromatic N) is 2. The third kappa shape index (κ3) is 5.41. The molecule has 2 heterocycles. The molecule has 9 heteroatoms. The highest BCUT2D eigenvalue weighted by molar-refractivity contribution is 5.97. The summed E-state index contributed by atoms with van der Waals surface area (Å²) in [6, 6.07) is 10.3. The van der Waals surface area contributed by atoms with Gasteiger partial charge in [-0.3, -0.25) is 9.59 Å². The molecule has 2 aromatic rings. The van der Waals surface area contributed by atoms with Gasteiger partial charge in [0.15, 0.2) is 11.5 Å². The first-order chi connectivity index (χ1) is 16.5. The minimum atomic E-state index is -0.472. The van der Waals surface area contributed by atoms with E-state index >= 15 is 0 Å². The molecular formula is C25H30FN3O5. The lowest BCUT2D eigenvalue weighted by atomic mass is 10.1. The first-order valence-electron chi connectivity index (χ1n) is 11.4. The Balaban J connectivity index is 1.32. The summed E-state index contributed by atoms with van der Waals surface area (Å²) in [5, 5.41) is 2.77. The number of carbonyl (C=O) groups excluding carboxylic acids is 2. The molecule has 2 aliphatic rings. The summed E-state index contributed by atoms with van der Waals surface area (Å²) in [5.74, 6) is 0.0834. The predicted molar refractivity (Wildman–Crippen MR) is 126 cm³/mol. The van der Waals surface area contributed by atoms with Crippen molar-refractivity contribution in [1.29, 1.82) is 0 Å². The number of hydrogen-bond acceptors (Lipinski definition) is 6. The largest absolute Gasteiger partial charge is 0.493 e. The molecule has 182 valence electrons. The van der Waals surface area contributed by atoms with Crippen LogP contribution in [-0.4, -0.2) is 70.3 Å². The van der Waals surface area contributed by atoms with Gasteiger partial charge in [0.1, 0.15) is 5.82 Å². The number of morpholine rings is 1. The van der Waals surface area contributed by atoms with Crippen LogP contribution in [0.2, 0.25) is 0 Å². The lowest BCUT2D eigenvalue weighted by Gasteiger charge is -2.29.